The van der Waals surface area contributed by atoms with Crippen LogP contribution in [0, 0.1) is 0 Å². The van der Waals surface area contributed by atoms with Gasteiger partial charge in [0.2, 0.25) is 0 Å². The predicted molar refractivity (Wildman–Crippen MR) is 68.1 cm³/mol. The van der Waals surface area contributed by atoms with E-state index in [0.717, 1.165) is 22.3 Å². The summed E-state index contributed by atoms with van der Waals surface area (Å²) in [5, 5.41) is 8.41. The fraction of sp³-hybridized carbons (Fsp3) is 0.231. The maximum atomic E-state index is 5.86. The number of benzene rings is 1. The van der Waals surface area contributed by atoms with Crippen LogP contribution in [-0.2, 0) is 13.1 Å². The Bertz CT molecular complexity index is 642. The van der Waals surface area contributed by atoms with Gasteiger partial charge in [-0.05, 0) is 13.1 Å². The summed E-state index contributed by atoms with van der Waals surface area (Å²) < 4.78 is 7.67. The van der Waals surface area contributed by atoms with Crippen molar-refractivity contribution in [1.82, 2.24) is 20.1 Å². The topological polar surface area (TPSA) is 55.9 Å². The summed E-state index contributed by atoms with van der Waals surface area (Å²) in [6, 6.07) is 8.06. The fourth-order valence-electron chi connectivity index (χ4n) is 2.10. The van der Waals surface area contributed by atoms with Crippen LogP contribution in [0.1, 0.15) is 11.3 Å². The lowest BCUT2D eigenvalue weighted by Crippen LogP contribution is -2.08. The van der Waals surface area contributed by atoms with Crippen LogP contribution in [0.4, 0.5) is 0 Å². The molecule has 0 aliphatic heterocycles. The molecule has 18 heavy (non-hydrogen) atoms. The molecule has 5 nitrogen and oxygen atoms in total. The van der Waals surface area contributed by atoms with E-state index in [1.807, 2.05) is 25.2 Å². The average Bonchev–Trinajstić information content (AvgIpc) is 3.00. The molecule has 0 saturated carbocycles. The van der Waals surface area contributed by atoms with E-state index < -0.39 is 0 Å². The van der Waals surface area contributed by atoms with Crippen molar-refractivity contribution in [2.45, 2.75) is 13.1 Å². The van der Waals surface area contributed by atoms with Crippen molar-refractivity contribution in [1.29, 1.82) is 0 Å². The minimum Gasteiger partial charge on any atom is -0.459 e. The maximum Gasteiger partial charge on any atom is 0.137 e. The average molecular weight is 242 g/mol. The van der Waals surface area contributed by atoms with Gasteiger partial charge >= 0.3 is 0 Å². The molecular formula is C13H14N4O. The summed E-state index contributed by atoms with van der Waals surface area (Å²) in [6.45, 7) is 1.38. The standard InChI is InChI=1S/C13H14N4O/c1-14-6-13-11(7-17-9-15-8-16-17)10-4-2-3-5-12(10)18-13/h2-5,8-9,14H,6-7H2,1H3. The zero-order chi connectivity index (χ0) is 12.4. The summed E-state index contributed by atoms with van der Waals surface area (Å²) in [4.78, 5) is 3.96. The molecule has 0 aliphatic rings. The smallest absolute Gasteiger partial charge is 0.137 e. The highest BCUT2D eigenvalue weighted by Crippen LogP contribution is 2.26. The van der Waals surface area contributed by atoms with E-state index in [1.54, 1.807) is 17.3 Å². The third kappa shape index (κ3) is 1.89. The second kappa shape index (κ2) is 4.62. The van der Waals surface area contributed by atoms with E-state index in [4.69, 9.17) is 4.42 Å². The van der Waals surface area contributed by atoms with Crippen molar-refractivity contribution in [3.63, 3.8) is 0 Å². The molecule has 0 spiro atoms. The van der Waals surface area contributed by atoms with Gasteiger partial charge in [0.05, 0.1) is 13.1 Å². The highest BCUT2D eigenvalue weighted by atomic mass is 16.3. The number of para-hydroxylation sites is 1. The first-order valence-electron chi connectivity index (χ1n) is 5.85. The second-order valence-electron chi connectivity index (χ2n) is 4.12. The third-order valence-corrected chi connectivity index (χ3v) is 2.91. The van der Waals surface area contributed by atoms with Gasteiger partial charge in [0.25, 0.3) is 0 Å². The number of nitrogens with one attached hydrogen (secondary N) is 1. The Hall–Kier alpha value is -2.14. The molecule has 0 fully saturated rings. The Labute approximate surface area is 104 Å². The third-order valence-electron chi connectivity index (χ3n) is 2.91. The molecule has 0 atom stereocenters. The first kappa shape index (κ1) is 11.0. The molecular weight excluding hydrogens is 228 g/mol. The van der Waals surface area contributed by atoms with Crippen molar-refractivity contribution in [3.05, 3.63) is 48.2 Å². The molecule has 0 saturated heterocycles. The van der Waals surface area contributed by atoms with Crippen LogP contribution in [0.3, 0.4) is 0 Å². The molecule has 1 aromatic carbocycles. The van der Waals surface area contributed by atoms with Gasteiger partial charge in [-0.25, -0.2) is 9.67 Å². The zero-order valence-electron chi connectivity index (χ0n) is 10.1. The number of hydrogen-bond acceptors (Lipinski definition) is 4. The van der Waals surface area contributed by atoms with Crippen LogP contribution < -0.4 is 5.32 Å². The Morgan fingerprint density at radius 1 is 1.33 bits per heavy atom. The summed E-state index contributed by atoms with van der Waals surface area (Å²) >= 11 is 0. The Kier molecular flexibility index (Phi) is 2.82. The summed E-state index contributed by atoms with van der Waals surface area (Å²) in [5.74, 6) is 0.953. The molecule has 3 aromatic rings. The predicted octanol–water partition coefficient (Wildman–Crippen LogP) is 1.79. The van der Waals surface area contributed by atoms with E-state index >= 15 is 0 Å². The Balaban J connectivity index is 2.09. The number of aromatic nitrogens is 3. The van der Waals surface area contributed by atoms with Gasteiger partial charge in [-0.15, -0.1) is 0 Å². The number of furan rings is 1. The van der Waals surface area contributed by atoms with Gasteiger partial charge in [-0.1, -0.05) is 18.2 Å². The molecule has 3 rings (SSSR count). The van der Waals surface area contributed by atoms with E-state index in [0.29, 0.717) is 13.1 Å². The monoisotopic (exact) mass is 242 g/mol. The second-order valence-corrected chi connectivity index (χ2v) is 4.12. The Morgan fingerprint density at radius 3 is 3.00 bits per heavy atom. The number of fused-ring (bicyclic) bond motifs is 1. The molecule has 0 bridgehead atoms. The van der Waals surface area contributed by atoms with Gasteiger partial charge < -0.3 is 9.73 Å². The van der Waals surface area contributed by atoms with Crippen molar-refractivity contribution >= 4 is 11.0 Å². The largest absolute Gasteiger partial charge is 0.459 e. The normalized spacial score (nSPS) is 11.2. The van der Waals surface area contributed by atoms with Crippen LogP contribution in [0.5, 0.6) is 0 Å². The van der Waals surface area contributed by atoms with Crippen LogP contribution >= 0.6 is 0 Å². The summed E-state index contributed by atoms with van der Waals surface area (Å²) in [7, 11) is 1.91. The highest BCUT2D eigenvalue weighted by Gasteiger charge is 2.13. The Morgan fingerprint density at radius 2 is 2.22 bits per heavy atom. The lowest BCUT2D eigenvalue weighted by molar-refractivity contribution is 0.518. The van der Waals surface area contributed by atoms with Gasteiger partial charge in [0.1, 0.15) is 24.0 Å². The summed E-state index contributed by atoms with van der Waals surface area (Å²) in [5.41, 5.74) is 2.07. The van der Waals surface area contributed by atoms with Crippen LogP contribution in [0.15, 0.2) is 41.3 Å². The number of nitrogens with zero attached hydrogens (tertiary/aromatic N) is 3. The quantitative estimate of drug-likeness (QED) is 0.757. The molecule has 0 unspecified atom stereocenters. The van der Waals surface area contributed by atoms with E-state index in [9.17, 15) is 0 Å². The van der Waals surface area contributed by atoms with Crippen molar-refractivity contribution in [2.24, 2.45) is 0 Å². The van der Waals surface area contributed by atoms with Crippen LogP contribution in [0.25, 0.3) is 11.0 Å². The van der Waals surface area contributed by atoms with Crippen LogP contribution in [-0.4, -0.2) is 21.8 Å². The van der Waals surface area contributed by atoms with E-state index in [2.05, 4.69) is 21.5 Å². The minimum atomic E-state index is 0.675. The van der Waals surface area contributed by atoms with E-state index in [1.165, 1.54) is 0 Å². The van der Waals surface area contributed by atoms with Gasteiger partial charge in [-0.2, -0.15) is 5.10 Å². The van der Waals surface area contributed by atoms with Crippen molar-refractivity contribution in [3.8, 4) is 0 Å². The lowest BCUT2D eigenvalue weighted by Gasteiger charge is -2.02. The highest BCUT2D eigenvalue weighted by molar-refractivity contribution is 5.82. The molecule has 0 radical (unpaired) electrons. The molecule has 2 heterocycles. The summed E-state index contributed by atoms with van der Waals surface area (Å²) in [6.07, 6.45) is 3.25. The molecule has 5 heteroatoms. The first-order valence-corrected chi connectivity index (χ1v) is 5.85. The van der Waals surface area contributed by atoms with Crippen molar-refractivity contribution in [2.75, 3.05) is 7.05 Å². The van der Waals surface area contributed by atoms with Gasteiger partial charge in [-0.3, -0.25) is 0 Å². The SMILES string of the molecule is CNCc1oc2ccccc2c1Cn1cncn1. The van der Waals surface area contributed by atoms with Gasteiger partial charge in [0, 0.05) is 10.9 Å². The minimum absolute atomic E-state index is 0.675. The number of rotatable bonds is 4. The zero-order valence-corrected chi connectivity index (χ0v) is 10.1. The molecule has 0 aliphatic carbocycles. The first-order chi connectivity index (χ1) is 8.88. The molecule has 0 amide bonds. The van der Waals surface area contributed by atoms with Crippen molar-refractivity contribution < 1.29 is 4.42 Å². The van der Waals surface area contributed by atoms with Gasteiger partial charge in [0.15, 0.2) is 0 Å². The molecule has 2 aromatic heterocycles. The van der Waals surface area contributed by atoms with E-state index in [-0.39, 0.29) is 0 Å². The molecule has 92 valence electrons. The van der Waals surface area contributed by atoms with Crippen LogP contribution in [0.2, 0.25) is 0 Å². The number of hydrogen-bond donors (Lipinski definition) is 1. The fourth-order valence-corrected chi connectivity index (χ4v) is 2.10. The molecule has 1 N–H and O–H groups in total. The lowest BCUT2D eigenvalue weighted by atomic mass is 10.1. The maximum absolute atomic E-state index is 5.86.